The summed E-state index contributed by atoms with van der Waals surface area (Å²) in [4.78, 5) is 0. The second-order valence-electron chi connectivity index (χ2n) is 4.00. The maximum atomic E-state index is 8.61. The zero-order valence-corrected chi connectivity index (χ0v) is 8.05. The van der Waals surface area contributed by atoms with Gasteiger partial charge in [0, 0.05) is 12.6 Å². The maximum absolute atomic E-state index is 8.61. The van der Waals surface area contributed by atoms with E-state index in [-0.39, 0.29) is 0 Å². The lowest BCUT2D eigenvalue weighted by Crippen LogP contribution is -2.34. The Morgan fingerprint density at radius 3 is 2.92 bits per heavy atom. The van der Waals surface area contributed by atoms with Gasteiger partial charge >= 0.3 is 0 Å². The molecule has 72 valence electrons. The topological polar surface area (TPSA) is 32.3 Å². The van der Waals surface area contributed by atoms with Crippen molar-refractivity contribution in [3.05, 3.63) is 0 Å². The Bertz CT molecular complexity index is 116. The van der Waals surface area contributed by atoms with E-state index in [1.807, 2.05) is 0 Å². The number of aliphatic hydroxyl groups is 1. The SMILES string of the molecule is C[C@H]1CCC[C@H](NCCCO)C1. The molecule has 0 saturated heterocycles. The average Bonchev–Trinajstić information content (AvgIpc) is 2.05. The molecule has 0 unspecified atom stereocenters. The predicted octanol–water partition coefficient (Wildman–Crippen LogP) is 1.54. The number of hydrogen-bond donors (Lipinski definition) is 2. The summed E-state index contributed by atoms with van der Waals surface area (Å²) in [6, 6.07) is 0.722. The number of rotatable bonds is 4. The van der Waals surface area contributed by atoms with E-state index in [0.29, 0.717) is 6.61 Å². The van der Waals surface area contributed by atoms with Crippen molar-refractivity contribution in [2.45, 2.75) is 45.1 Å². The van der Waals surface area contributed by atoms with E-state index >= 15 is 0 Å². The number of aliphatic hydroxyl groups excluding tert-OH is 1. The quantitative estimate of drug-likeness (QED) is 0.629. The van der Waals surface area contributed by atoms with Gasteiger partial charge in [0.15, 0.2) is 0 Å². The fourth-order valence-corrected chi connectivity index (χ4v) is 2.00. The van der Waals surface area contributed by atoms with Gasteiger partial charge in [-0.2, -0.15) is 0 Å². The Morgan fingerprint density at radius 1 is 1.42 bits per heavy atom. The summed E-state index contributed by atoms with van der Waals surface area (Å²) in [5.41, 5.74) is 0. The molecule has 0 amide bonds. The zero-order chi connectivity index (χ0) is 8.81. The molecule has 2 heteroatoms. The highest BCUT2D eigenvalue weighted by molar-refractivity contribution is 4.75. The van der Waals surface area contributed by atoms with E-state index in [2.05, 4.69) is 12.2 Å². The molecule has 0 heterocycles. The largest absolute Gasteiger partial charge is 0.396 e. The van der Waals surface area contributed by atoms with Crippen molar-refractivity contribution in [1.29, 1.82) is 0 Å². The number of hydrogen-bond acceptors (Lipinski definition) is 2. The normalized spacial score (nSPS) is 30.5. The third-order valence-corrected chi connectivity index (χ3v) is 2.70. The van der Waals surface area contributed by atoms with Crippen molar-refractivity contribution in [2.24, 2.45) is 5.92 Å². The first-order chi connectivity index (χ1) is 5.83. The van der Waals surface area contributed by atoms with Crippen LogP contribution in [0.15, 0.2) is 0 Å². The molecule has 1 fully saturated rings. The van der Waals surface area contributed by atoms with Gasteiger partial charge in [0.1, 0.15) is 0 Å². The highest BCUT2D eigenvalue weighted by Gasteiger charge is 2.17. The van der Waals surface area contributed by atoms with Gasteiger partial charge in [-0.05, 0) is 31.7 Å². The molecule has 1 rings (SSSR count). The van der Waals surface area contributed by atoms with E-state index < -0.39 is 0 Å². The summed E-state index contributed by atoms with van der Waals surface area (Å²) < 4.78 is 0. The van der Waals surface area contributed by atoms with Crippen LogP contribution in [0.2, 0.25) is 0 Å². The standard InChI is InChI=1S/C10H21NO/c1-9-4-2-5-10(8-9)11-6-3-7-12/h9-12H,2-8H2,1H3/t9-,10-/m0/s1. The molecule has 1 aliphatic carbocycles. The lowest BCUT2D eigenvalue weighted by molar-refractivity contribution is 0.266. The van der Waals surface area contributed by atoms with E-state index in [1.54, 1.807) is 0 Å². The van der Waals surface area contributed by atoms with Crippen LogP contribution in [0.5, 0.6) is 0 Å². The summed E-state index contributed by atoms with van der Waals surface area (Å²) in [7, 11) is 0. The molecule has 0 bridgehead atoms. The van der Waals surface area contributed by atoms with E-state index in [0.717, 1.165) is 24.9 Å². The van der Waals surface area contributed by atoms with Gasteiger partial charge in [0.25, 0.3) is 0 Å². The first-order valence-corrected chi connectivity index (χ1v) is 5.17. The number of nitrogens with one attached hydrogen (secondary N) is 1. The molecule has 1 saturated carbocycles. The minimum Gasteiger partial charge on any atom is -0.396 e. The van der Waals surface area contributed by atoms with Crippen LogP contribution in [0.3, 0.4) is 0 Å². The molecular weight excluding hydrogens is 150 g/mol. The van der Waals surface area contributed by atoms with Gasteiger partial charge in [-0.25, -0.2) is 0 Å². The molecule has 0 radical (unpaired) electrons. The van der Waals surface area contributed by atoms with Crippen LogP contribution in [0, 0.1) is 5.92 Å². The van der Waals surface area contributed by atoms with E-state index in [4.69, 9.17) is 5.11 Å². The zero-order valence-electron chi connectivity index (χ0n) is 8.05. The molecule has 2 atom stereocenters. The van der Waals surface area contributed by atoms with Gasteiger partial charge in [-0.3, -0.25) is 0 Å². The first kappa shape index (κ1) is 10.0. The summed E-state index contributed by atoms with van der Waals surface area (Å²) in [6.45, 7) is 3.63. The Balaban J connectivity index is 2.06. The molecular formula is C10H21NO. The molecule has 0 aromatic heterocycles. The van der Waals surface area contributed by atoms with Gasteiger partial charge in [0.2, 0.25) is 0 Å². The van der Waals surface area contributed by atoms with Crippen molar-refractivity contribution >= 4 is 0 Å². The Hall–Kier alpha value is -0.0800. The van der Waals surface area contributed by atoms with Crippen LogP contribution >= 0.6 is 0 Å². The Morgan fingerprint density at radius 2 is 2.25 bits per heavy atom. The average molecular weight is 171 g/mol. The van der Waals surface area contributed by atoms with Crippen LogP contribution in [-0.4, -0.2) is 24.3 Å². The predicted molar refractivity (Wildman–Crippen MR) is 51.1 cm³/mol. The van der Waals surface area contributed by atoms with Crippen molar-refractivity contribution in [2.75, 3.05) is 13.2 Å². The lowest BCUT2D eigenvalue weighted by atomic mass is 9.87. The molecule has 2 nitrogen and oxygen atoms in total. The maximum Gasteiger partial charge on any atom is 0.0443 e. The van der Waals surface area contributed by atoms with E-state index in [9.17, 15) is 0 Å². The van der Waals surface area contributed by atoms with Gasteiger partial charge in [-0.1, -0.05) is 19.8 Å². The van der Waals surface area contributed by atoms with Crippen molar-refractivity contribution in [3.8, 4) is 0 Å². The highest BCUT2D eigenvalue weighted by atomic mass is 16.3. The second-order valence-corrected chi connectivity index (χ2v) is 4.00. The first-order valence-electron chi connectivity index (χ1n) is 5.17. The molecule has 0 aromatic carbocycles. The minimum absolute atomic E-state index is 0.315. The summed E-state index contributed by atoms with van der Waals surface area (Å²) in [5.74, 6) is 0.894. The molecule has 12 heavy (non-hydrogen) atoms. The lowest BCUT2D eigenvalue weighted by Gasteiger charge is -2.27. The Kier molecular flexibility index (Phi) is 4.62. The fraction of sp³-hybridized carbons (Fsp3) is 1.00. The van der Waals surface area contributed by atoms with Crippen molar-refractivity contribution < 1.29 is 5.11 Å². The van der Waals surface area contributed by atoms with Crippen LogP contribution in [0.1, 0.15) is 39.0 Å². The molecule has 0 aromatic rings. The summed E-state index contributed by atoms with van der Waals surface area (Å²) in [5, 5.41) is 12.1. The van der Waals surface area contributed by atoms with E-state index in [1.165, 1.54) is 25.7 Å². The van der Waals surface area contributed by atoms with Gasteiger partial charge in [-0.15, -0.1) is 0 Å². The van der Waals surface area contributed by atoms with Crippen LogP contribution in [0.4, 0.5) is 0 Å². The Labute approximate surface area is 75.4 Å². The second kappa shape index (κ2) is 5.55. The van der Waals surface area contributed by atoms with Crippen LogP contribution in [0.25, 0.3) is 0 Å². The highest BCUT2D eigenvalue weighted by Crippen LogP contribution is 2.23. The van der Waals surface area contributed by atoms with Crippen molar-refractivity contribution in [1.82, 2.24) is 5.32 Å². The van der Waals surface area contributed by atoms with Crippen molar-refractivity contribution in [3.63, 3.8) is 0 Å². The van der Waals surface area contributed by atoms with Crippen LogP contribution < -0.4 is 5.32 Å². The van der Waals surface area contributed by atoms with Gasteiger partial charge < -0.3 is 10.4 Å². The summed E-state index contributed by atoms with van der Waals surface area (Å²) >= 11 is 0. The smallest absolute Gasteiger partial charge is 0.0443 e. The minimum atomic E-state index is 0.315. The molecule has 0 aliphatic heterocycles. The molecule has 1 aliphatic rings. The third-order valence-electron chi connectivity index (χ3n) is 2.70. The molecule has 2 N–H and O–H groups in total. The van der Waals surface area contributed by atoms with Gasteiger partial charge in [0.05, 0.1) is 0 Å². The summed E-state index contributed by atoms with van der Waals surface area (Å²) in [6.07, 6.45) is 6.32. The van der Waals surface area contributed by atoms with Crippen LogP contribution in [-0.2, 0) is 0 Å². The fourth-order valence-electron chi connectivity index (χ4n) is 2.00. The third kappa shape index (κ3) is 3.55. The molecule has 0 spiro atoms. The monoisotopic (exact) mass is 171 g/mol.